The molecule has 124 valence electrons. The monoisotopic (exact) mass is 330 g/mol. The van der Waals surface area contributed by atoms with Gasteiger partial charge in [-0.15, -0.1) is 0 Å². The van der Waals surface area contributed by atoms with Crippen LogP contribution in [0.3, 0.4) is 0 Å². The van der Waals surface area contributed by atoms with E-state index < -0.39 is 16.0 Å². The number of esters is 1. The zero-order valence-electron chi connectivity index (χ0n) is 13.1. The number of aryl methyl sites for hydroxylation is 1. The number of furan rings is 1. The Bertz CT molecular complexity index is 632. The Kier molecular flexibility index (Phi) is 5.25. The van der Waals surface area contributed by atoms with E-state index in [9.17, 15) is 13.2 Å². The molecule has 0 aliphatic carbocycles. The second kappa shape index (κ2) is 6.80. The van der Waals surface area contributed by atoms with E-state index in [1.165, 1.54) is 17.5 Å². The van der Waals surface area contributed by atoms with Gasteiger partial charge in [-0.05, 0) is 26.3 Å². The molecule has 1 atom stereocenters. The molecular weight excluding hydrogens is 308 g/mol. The van der Waals surface area contributed by atoms with Crippen LogP contribution in [-0.4, -0.2) is 51.5 Å². The standard InChI is InChI=1S/C14H22N2O5S/c1-4-7-16(11-5-6-15-9-11)22(18,19)13-8-12(10(2)21-13)14(17)20-3/h8,11,15H,4-7,9H2,1-3H3. The van der Waals surface area contributed by atoms with Crippen LogP contribution >= 0.6 is 0 Å². The molecule has 1 aliphatic rings. The van der Waals surface area contributed by atoms with E-state index in [0.717, 1.165) is 13.0 Å². The SMILES string of the molecule is CCCN(C1CCNC1)S(=O)(=O)c1cc(C(=O)OC)c(C)o1. The predicted molar refractivity (Wildman–Crippen MR) is 80.2 cm³/mol. The lowest BCUT2D eigenvalue weighted by Gasteiger charge is -2.25. The van der Waals surface area contributed by atoms with Gasteiger partial charge in [-0.3, -0.25) is 0 Å². The van der Waals surface area contributed by atoms with Crippen molar-refractivity contribution < 1.29 is 22.4 Å². The summed E-state index contributed by atoms with van der Waals surface area (Å²) in [6.45, 7) is 5.32. The molecule has 0 bridgehead atoms. The molecule has 1 aliphatic heterocycles. The molecule has 1 fully saturated rings. The summed E-state index contributed by atoms with van der Waals surface area (Å²) in [6, 6.07) is 1.17. The smallest absolute Gasteiger partial charge is 0.341 e. The van der Waals surface area contributed by atoms with Crippen LogP contribution < -0.4 is 5.32 Å². The number of sulfonamides is 1. The third kappa shape index (κ3) is 3.18. The van der Waals surface area contributed by atoms with Gasteiger partial charge in [0, 0.05) is 25.2 Å². The summed E-state index contributed by atoms with van der Waals surface area (Å²) in [7, 11) is -2.52. The molecule has 0 aromatic carbocycles. The maximum absolute atomic E-state index is 12.8. The van der Waals surface area contributed by atoms with Crippen LogP contribution in [0.5, 0.6) is 0 Å². The number of nitrogens with one attached hydrogen (secondary N) is 1. The van der Waals surface area contributed by atoms with Crippen LogP contribution in [0.1, 0.15) is 35.9 Å². The number of ether oxygens (including phenoxy) is 1. The second-order valence-electron chi connectivity index (χ2n) is 5.29. The molecule has 8 heteroatoms. The Morgan fingerprint density at radius 1 is 1.55 bits per heavy atom. The van der Waals surface area contributed by atoms with Crippen molar-refractivity contribution in [1.29, 1.82) is 0 Å². The third-order valence-electron chi connectivity index (χ3n) is 3.75. The summed E-state index contributed by atoms with van der Waals surface area (Å²) in [4.78, 5) is 11.6. The van der Waals surface area contributed by atoms with Crippen molar-refractivity contribution in [2.24, 2.45) is 0 Å². The topological polar surface area (TPSA) is 88.9 Å². The molecule has 0 amide bonds. The normalized spacial score (nSPS) is 18.8. The minimum atomic E-state index is -3.77. The Balaban J connectivity index is 2.36. The predicted octanol–water partition coefficient (Wildman–Crippen LogP) is 1.14. The molecule has 1 N–H and O–H groups in total. The molecule has 1 aromatic heterocycles. The van der Waals surface area contributed by atoms with Crippen molar-refractivity contribution in [2.45, 2.75) is 37.8 Å². The van der Waals surface area contributed by atoms with Crippen molar-refractivity contribution in [2.75, 3.05) is 26.7 Å². The first kappa shape index (κ1) is 17.0. The van der Waals surface area contributed by atoms with Gasteiger partial charge in [0.05, 0.1) is 7.11 Å². The molecule has 1 aromatic rings. The summed E-state index contributed by atoms with van der Waals surface area (Å²) in [6.07, 6.45) is 1.47. The van der Waals surface area contributed by atoms with Crippen molar-refractivity contribution in [3.8, 4) is 0 Å². The number of rotatable bonds is 6. The molecular formula is C14H22N2O5S. The van der Waals surface area contributed by atoms with E-state index in [1.54, 1.807) is 6.92 Å². The molecule has 2 rings (SSSR count). The van der Waals surface area contributed by atoms with E-state index >= 15 is 0 Å². The first-order valence-electron chi connectivity index (χ1n) is 7.33. The lowest BCUT2D eigenvalue weighted by atomic mass is 10.2. The summed E-state index contributed by atoms with van der Waals surface area (Å²) >= 11 is 0. The zero-order chi connectivity index (χ0) is 16.3. The number of nitrogens with zero attached hydrogens (tertiary/aromatic N) is 1. The number of methoxy groups -OCH3 is 1. The van der Waals surface area contributed by atoms with Gasteiger partial charge < -0.3 is 14.5 Å². The summed E-state index contributed by atoms with van der Waals surface area (Å²) in [5, 5.41) is 2.96. The Morgan fingerprint density at radius 2 is 2.27 bits per heavy atom. The van der Waals surface area contributed by atoms with Gasteiger partial charge in [-0.1, -0.05) is 6.92 Å². The third-order valence-corrected chi connectivity index (χ3v) is 5.56. The molecule has 1 saturated heterocycles. The first-order chi connectivity index (χ1) is 10.4. The first-order valence-corrected chi connectivity index (χ1v) is 8.77. The van der Waals surface area contributed by atoms with Crippen LogP contribution in [0, 0.1) is 6.92 Å². The van der Waals surface area contributed by atoms with Gasteiger partial charge in [0.25, 0.3) is 10.0 Å². The molecule has 22 heavy (non-hydrogen) atoms. The Morgan fingerprint density at radius 3 is 2.82 bits per heavy atom. The number of hydrogen-bond donors (Lipinski definition) is 1. The van der Waals surface area contributed by atoms with E-state index in [-0.39, 0.29) is 22.5 Å². The maximum atomic E-state index is 12.8. The van der Waals surface area contributed by atoms with Gasteiger partial charge in [-0.2, -0.15) is 4.31 Å². The van der Waals surface area contributed by atoms with Gasteiger partial charge in [-0.25, -0.2) is 13.2 Å². The highest BCUT2D eigenvalue weighted by atomic mass is 32.2. The highest BCUT2D eigenvalue weighted by Crippen LogP contribution is 2.26. The molecule has 0 spiro atoms. The van der Waals surface area contributed by atoms with Crippen molar-refractivity contribution in [3.63, 3.8) is 0 Å². The van der Waals surface area contributed by atoms with Gasteiger partial charge in [0.15, 0.2) is 0 Å². The fourth-order valence-electron chi connectivity index (χ4n) is 2.61. The minimum Gasteiger partial charge on any atom is -0.465 e. The van der Waals surface area contributed by atoms with Crippen LogP contribution in [-0.2, 0) is 14.8 Å². The molecule has 7 nitrogen and oxygen atoms in total. The van der Waals surface area contributed by atoms with Crippen LogP contribution in [0.4, 0.5) is 0 Å². The van der Waals surface area contributed by atoms with Gasteiger partial charge in [0.2, 0.25) is 5.09 Å². The molecule has 0 saturated carbocycles. The van der Waals surface area contributed by atoms with Crippen LogP contribution in [0.2, 0.25) is 0 Å². The summed E-state index contributed by atoms with van der Waals surface area (Å²) in [5.41, 5.74) is 0.141. The van der Waals surface area contributed by atoms with Crippen LogP contribution in [0.25, 0.3) is 0 Å². The van der Waals surface area contributed by atoms with Crippen molar-refractivity contribution in [3.05, 3.63) is 17.4 Å². The Labute approximate surface area is 130 Å². The quantitative estimate of drug-likeness (QED) is 0.787. The summed E-state index contributed by atoms with van der Waals surface area (Å²) < 4.78 is 37.1. The second-order valence-corrected chi connectivity index (χ2v) is 7.11. The molecule has 1 unspecified atom stereocenters. The average molecular weight is 330 g/mol. The lowest BCUT2D eigenvalue weighted by Crippen LogP contribution is -2.41. The minimum absolute atomic E-state index is 0.0862. The highest BCUT2D eigenvalue weighted by Gasteiger charge is 2.35. The van der Waals surface area contributed by atoms with E-state index in [1.807, 2.05) is 6.92 Å². The average Bonchev–Trinajstić information content (AvgIpc) is 3.13. The maximum Gasteiger partial charge on any atom is 0.341 e. The fraction of sp³-hybridized carbons (Fsp3) is 0.643. The number of carbonyl (C=O) groups is 1. The van der Waals surface area contributed by atoms with E-state index in [0.29, 0.717) is 19.5 Å². The fourth-order valence-corrected chi connectivity index (χ4v) is 4.34. The van der Waals surface area contributed by atoms with Crippen molar-refractivity contribution in [1.82, 2.24) is 9.62 Å². The van der Waals surface area contributed by atoms with E-state index in [2.05, 4.69) is 10.1 Å². The Hall–Kier alpha value is -1.38. The van der Waals surface area contributed by atoms with Gasteiger partial charge >= 0.3 is 5.97 Å². The highest BCUT2D eigenvalue weighted by molar-refractivity contribution is 7.89. The lowest BCUT2D eigenvalue weighted by molar-refractivity contribution is 0.0598. The molecule has 0 radical (unpaired) electrons. The van der Waals surface area contributed by atoms with Crippen molar-refractivity contribution >= 4 is 16.0 Å². The number of carbonyl (C=O) groups excluding carboxylic acids is 1. The zero-order valence-corrected chi connectivity index (χ0v) is 13.9. The number of hydrogen-bond acceptors (Lipinski definition) is 6. The van der Waals surface area contributed by atoms with E-state index in [4.69, 9.17) is 4.42 Å². The van der Waals surface area contributed by atoms with Gasteiger partial charge in [0.1, 0.15) is 11.3 Å². The van der Waals surface area contributed by atoms with Crippen LogP contribution in [0.15, 0.2) is 15.6 Å². The molecule has 2 heterocycles. The summed E-state index contributed by atoms with van der Waals surface area (Å²) in [5.74, 6) is -0.362. The largest absolute Gasteiger partial charge is 0.465 e.